The topological polar surface area (TPSA) is 66.5 Å². The summed E-state index contributed by atoms with van der Waals surface area (Å²) < 4.78 is 26.6. The molecule has 1 atom stereocenters. The van der Waals surface area contributed by atoms with Gasteiger partial charge in [0, 0.05) is 24.9 Å². The number of carbonyl (C=O) groups is 1. The highest BCUT2D eigenvalue weighted by Gasteiger charge is 2.21. The first-order chi connectivity index (χ1) is 12.4. The molecule has 140 valence electrons. The molecule has 1 amide bonds. The van der Waals surface area contributed by atoms with Crippen LogP contribution in [0.15, 0.2) is 78.4 Å². The quantitative estimate of drug-likeness (QED) is 0.491. The Hall–Kier alpha value is -2.01. The molecule has 0 bridgehead atoms. The third kappa shape index (κ3) is 6.37. The Morgan fingerprint density at radius 2 is 2.04 bits per heavy atom. The molecular formula is C19H25N2O3PS. The third-order valence-electron chi connectivity index (χ3n) is 3.45. The molecule has 0 fully saturated rings. The predicted octanol–water partition coefficient (Wildman–Crippen LogP) is 3.16. The summed E-state index contributed by atoms with van der Waals surface area (Å²) in [4.78, 5) is 12.6. The molecule has 5 nitrogen and oxygen atoms in total. The maximum atomic E-state index is 12.6. The van der Waals surface area contributed by atoms with Gasteiger partial charge in [0.25, 0.3) is 5.91 Å². The minimum absolute atomic E-state index is 0.1000. The summed E-state index contributed by atoms with van der Waals surface area (Å²) in [5.41, 5.74) is 0.790. The van der Waals surface area contributed by atoms with Gasteiger partial charge in [-0.3, -0.25) is 4.79 Å². The summed E-state index contributed by atoms with van der Waals surface area (Å²) in [5.74, 6) is -0.401. The second-order valence-electron chi connectivity index (χ2n) is 5.36. The fourth-order valence-electron chi connectivity index (χ4n) is 2.01. The fraction of sp³-hybridized carbons (Fsp3) is 0.211. The van der Waals surface area contributed by atoms with Crippen LogP contribution in [-0.4, -0.2) is 45.0 Å². The molecule has 0 heterocycles. The highest BCUT2D eigenvalue weighted by molar-refractivity contribution is 7.89. The average molecular weight is 392 g/mol. The van der Waals surface area contributed by atoms with Crippen molar-refractivity contribution in [2.24, 2.45) is 0 Å². The van der Waals surface area contributed by atoms with Gasteiger partial charge >= 0.3 is 0 Å². The molecule has 1 aromatic rings. The lowest BCUT2D eigenvalue weighted by Gasteiger charge is -2.17. The van der Waals surface area contributed by atoms with Crippen molar-refractivity contribution >= 4 is 24.5 Å². The number of nitrogens with zero attached hydrogens (tertiary/aromatic N) is 1. The highest BCUT2D eigenvalue weighted by Crippen LogP contribution is 2.17. The van der Waals surface area contributed by atoms with Crippen molar-refractivity contribution in [3.63, 3.8) is 0 Å². The Morgan fingerprint density at radius 3 is 2.65 bits per heavy atom. The lowest BCUT2D eigenvalue weighted by molar-refractivity contribution is 0.0967. The van der Waals surface area contributed by atoms with Crippen molar-refractivity contribution in [2.75, 3.05) is 26.4 Å². The molecule has 1 aromatic carbocycles. The number of allylic oxidation sites excluding steroid dienone is 5. The van der Waals surface area contributed by atoms with Crippen LogP contribution in [-0.2, 0) is 10.0 Å². The van der Waals surface area contributed by atoms with Gasteiger partial charge in [-0.15, -0.1) is 8.58 Å². The molecule has 0 saturated carbocycles. The first kappa shape index (κ1) is 22.0. The predicted molar refractivity (Wildman–Crippen MR) is 110 cm³/mol. The van der Waals surface area contributed by atoms with Gasteiger partial charge in [0.15, 0.2) is 0 Å². The monoisotopic (exact) mass is 392 g/mol. The van der Waals surface area contributed by atoms with Crippen molar-refractivity contribution in [3.8, 4) is 0 Å². The van der Waals surface area contributed by atoms with E-state index in [1.807, 2.05) is 6.66 Å². The number of benzene rings is 1. The Kier molecular flexibility index (Phi) is 9.21. The van der Waals surface area contributed by atoms with Crippen molar-refractivity contribution in [1.29, 1.82) is 0 Å². The molecule has 0 aliphatic rings. The van der Waals surface area contributed by atoms with Gasteiger partial charge < -0.3 is 5.32 Å². The van der Waals surface area contributed by atoms with E-state index in [-0.39, 0.29) is 10.5 Å². The maximum absolute atomic E-state index is 12.6. The molecule has 0 aliphatic heterocycles. The summed E-state index contributed by atoms with van der Waals surface area (Å²) in [7, 11) is -1.39. The van der Waals surface area contributed by atoms with Gasteiger partial charge in [0.1, 0.15) is 0 Å². The van der Waals surface area contributed by atoms with Crippen molar-refractivity contribution in [1.82, 2.24) is 9.62 Å². The van der Waals surface area contributed by atoms with Crippen LogP contribution in [0.1, 0.15) is 10.4 Å². The Morgan fingerprint density at radius 1 is 1.31 bits per heavy atom. The zero-order chi connectivity index (χ0) is 19.6. The molecule has 0 radical (unpaired) electrons. The molecule has 0 saturated heterocycles. The SMILES string of the molecule is C=C/C=C\C(=C/C=C)NC(=O)c1cccc(S(=O)(=O)N(C)CCPC)c1. The summed E-state index contributed by atoms with van der Waals surface area (Å²) in [6.07, 6.45) is 8.93. The molecular weight excluding hydrogens is 367 g/mol. The van der Waals surface area contributed by atoms with Gasteiger partial charge in [0.05, 0.1) is 4.90 Å². The van der Waals surface area contributed by atoms with E-state index in [0.29, 0.717) is 20.8 Å². The summed E-state index contributed by atoms with van der Waals surface area (Å²) in [6.45, 7) is 9.67. The van der Waals surface area contributed by atoms with Crippen LogP contribution in [0.4, 0.5) is 0 Å². The highest BCUT2D eigenvalue weighted by atomic mass is 32.2. The number of nitrogens with one attached hydrogen (secondary N) is 1. The smallest absolute Gasteiger partial charge is 0.255 e. The average Bonchev–Trinajstić information content (AvgIpc) is 2.64. The minimum atomic E-state index is -3.62. The summed E-state index contributed by atoms with van der Waals surface area (Å²) >= 11 is 0. The molecule has 0 spiro atoms. The lowest BCUT2D eigenvalue weighted by Crippen LogP contribution is -2.29. The Labute approximate surface area is 158 Å². The molecule has 1 unspecified atom stereocenters. The van der Waals surface area contributed by atoms with Crippen molar-refractivity contribution in [3.05, 3.63) is 79.1 Å². The lowest BCUT2D eigenvalue weighted by atomic mass is 10.2. The van der Waals surface area contributed by atoms with Gasteiger partial charge in [-0.2, -0.15) is 0 Å². The van der Waals surface area contributed by atoms with E-state index in [4.69, 9.17) is 0 Å². The van der Waals surface area contributed by atoms with E-state index in [9.17, 15) is 13.2 Å². The number of sulfonamides is 1. The van der Waals surface area contributed by atoms with E-state index < -0.39 is 15.9 Å². The van der Waals surface area contributed by atoms with E-state index in [0.717, 1.165) is 6.16 Å². The van der Waals surface area contributed by atoms with E-state index >= 15 is 0 Å². The van der Waals surface area contributed by atoms with Crippen LogP contribution in [0, 0.1) is 0 Å². The molecule has 0 aliphatic carbocycles. The second-order valence-corrected chi connectivity index (χ2v) is 8.62. The number of amides is 1. The van der Waals surface area contributed by atoms with Gasteiger partial charge in [-0.1, -0.05) is 37.5 Å². The first-order valence-electron chi connectivity index (χ1n) is 8.01. The molecule has 26 heavy (non-hydrogen) atoms. The van der Waals surface area contributed by atoms with Crippen molar-refractivity contribution in [2.45, 2.75) is 4.90 Å². The largest absolute Gasteiger partial charge is 0.322 e. The Bertz CT molecular complexity index is 814. The first-order valence-corrected chi connectivity index (χ1v) is 11.2. The van der Waals surface area contributed by atoms with Crippen LogP contribution < -0.4 is 5.32 Å². The van der Waals surface area contributed by atoms with Gasteiger partial charge in [-0.25, -0.2) is 12.7 Å². The minimum Gasteiger partial charge on any atom is -0.322 e. The van der Waals surface area contributed by atoms with Crippen LogP contribution in [0.5, 0.6) is 0 Å². The third-order valence-corrected chi connectivity index (χ3v) is 6.02. The number of carbonyl (C=O) groups excluding carboxylic acids is 1. The number of hydrogen-bond donors (Lipinski definition) is 1. The standard InChI is InChI=1S/C19H25N2O3PS/c1-5-7-11-17(9-6-2)20-19(22)16-10-8-12-18(15-16)26(23,24)21(3)13-14-25-4/h5-12,15,25H,1-2,13-14H2,3-4H3,(H,20,22)/b11-7-,17-9+. The number of hydrogen-bond acceptors (Lipinski definition) is 3. The van der Waals surface area contributed by atoms with Gasteiger partial charge in [0.2, 0.25) is 10.0 Å². The normalized spacial score (nSPS) is 12.8. The van der Waals surface area contributed by atoms with E-state index in [2.05, 4.69) is 18.5 Å². The second kappa shape index (κ2) is 10.9. The summed E-state index contributed by atoms with van der Waals surface area (Å²) in [5, 5.41) is 2.72. The van der Waals surface area contributed by atoms with Crippen LogP contribution in [0.3, 0.4) is 0 Å². The van der Waals surface area contributed by atoms with E-state index in [1.165, 1.54) is 16.4 Å². The van der Waals surface area contributed by atoms with Crippen LogP contribution in [0.25, 0.3) is 0 Å². The molecule has 0 aromatic heterocycles. The molecule has 1 N–H and O–H groups in total. The van der Waals surface area contributed by atoms with Crippen molar-refractivity contribution < 1.29 is 13.2 Å². The zero-order valence-corrected chi connectivity index (χ0v) is 16.9. The van der Waals surface area contributed by atoms with Crippen LogP contribution in [0.2, 0.25) is 0 Å². The number of rotatable bonds is 10. The van der Waals surface area contributed by atoms with Crippen LogP contribution >= 0.6 is 8.58 Å². The zero-order valence-electron chi connectivity index (χ0n) is 15.1. The fourth-order valence-corrected chi connectivity index (χ4v) is 3.95. The summed E-state index contributed by atoms with van der Waals surface area (Å²) in [6, 6.07) is 6.02. The molecule has 7 heteroatoms. The van der Waals surface area contributed by atoms with Gasteiger partial charge in [-0.05, 0) is 43.2 Å². The van der Waals surface area contributed by atoms with E-state index in [1.54, 1.807) is 49.6 Å². The molecule has 1 rings (SSSR count). The Balaban J connectivity index is 3.06. The maximum Gasteiger partial charge on any atom is 0.255 e.